The molecule has 0 fully saturated rings. The summed E-state index contributed by atoms with van der Waals surface area (Å²) in [6.45, 7) is 7.45. The summed E-state index contributed by atoms with van der Waals surface area (Å²) in [6.07, 6.45) is 3.49. The van der Waals surface area contributed by atoms with Crippen molar-refractivity contribution in [3.63, 3.8) is 0 Å². The molecule has 0 radical (unpaired) electrons. The summed E-state index contributed by atoms with van der Waals surface area (Å²) >= 11 is 9.96. The Hall–Kier alpha value is -0.300. The molecule has 2 heterocycles. The summed E-state index contributed by atoms with van der Waals surface area (Å²) in [5.41, 5.74) is 2.12. The van der Waals surface area contributed by atoms with Gasteiger partial charge >= 0.3 is 0 Å². The Morgan fingerprint density at radius 3 is 1.76 bits per heavy atom. The fourth-order valence-electron chi connectivity index (χ4n) is 1.38. The van der Waals surface area contributed by atoms with Gasteiger partial charge in [-0.05, 0) is 98.7 Å². The van der Waals surface area contributed by atoms with Crippen LogP contribution in [-0.4, -0.2) is 15.1 Å². The lowest BCUT2D eigenvalue weighted by molar-refractivity contribution is 0.0737. The maximum atomic E-state index is 9.63. The molecule has 1 N–H and O–H groups in total. The first-order chi connectivity index (χ1) is 9.61. The van der Waals surface area contributed by atoms with E-state index in [-0.39, 0.29) is 0 Å². The van der Waals surface area contributed by atoms with Gasteiger partial charge in [0.05, 0.1) is 5.69 Å². The molecule has 0 amide bonds. The van der Waals surface area contributed by atoms with Gasteiger partial charge < -0.3 is 5.11 Å². The van der Waals surface area contributed by atoms with E-state index in [9.17, 15) is 5.11 Å². The monoisotopic (exact) mass is 478 g/mol. The van der Waals surface area contributed by atoms with Crippen LogP contribution in [0.2, 0.25) is 0 Å². The molecule has 21 heavy (non-hydrogen) atoms. The van der Waals surface area contributed by atoms with E-state index >= 15 is 0 Å². The molecule has 0 aliphatic heterocycles. The van der Waals surface area contributed by atoms with Crippen molar-refractivity contribution >= 4 is 47.8 Å². The summed E-state index contributed by atoms with van der Waals surface area (Å²) in [6, 6.07) is 3.84. The molecule has 0 saturated carbocycles. The number of aryl methyl sites for hydroxylation is 2. The summed E-state index contributed by atoms with van der Waals surface area (Å²) in [7, 11) is 0. The highest BCUT2D eigenvalue weighted by atomic mass is 79.9. The molecular weight excluding hydrogens is 464 g/mol. The van der Waals surface area contributed by atoms with Gasteiger partial charge in [0.2, 0.25) is 0 Å². The zero-order chi connectivity index (χ0) is 16.2. The van der Waals surface area contributed by atoms with Gasteiger partial charge in [-0.3, -0.25) is 4.98 Å². The van der Waals surface area contributed by atoms with Crippen molar-refractivity contribution in [3.05, 3.63) is 54.9 Å². The molecule has 0 aliphatic rings. The van der Waals surface area contributed by atoms with Crippen molar-refractivity contribution in [2.75, 3.05) is 0 Å². The molecule has 0 spiro atoms. The lowest BCUT2D eigenvalue weighted by atomic mass is 10.0. The van der Waals surface area contributed by atoms with Crippen LogP contribution in [0.4, 0.5) is 0 Å². The topological polar surface area (TPSA) is 46.0 Å². The highest BCUT2D eigenvalue weighted by Gasteiger charge is 2.17. The van der Waals surface area contributed by atoms with Crippen molar-refractivity contribution in [2.45, 2.75) is 33.3 Å². The molecule has 0 unspecified atom stereocenters. The molecule has 114 valence electrons. The van der Waals surface area contributed by atoms with Crippen molar-refractivity contribution in [3.8, 4) is 0 Å². The van der Waals surface area contributed by atoms with E-state index in [4.69, 9.17) is 0 Å². The van der Waals surface area contributed by atoms with Crippen molar-refractivity contribution in [2.24, 2.45) is 0 Å². The molecule has 3 nitrogen and oxygen atoms in total. The highest BCUT2D eigenvalue weighted by molar-refractivity contribution is 9.11. The van der Waals surface area contributed by atoms with E-state index in [1.807, 2.05) is 26.0 Å². The molecule has 6 heteroatoms. The van der Waals surface area contributed by atoms with E-state index < -0.39 is 5.60 Å². The highest BCUT2D eigenvalue weighted by Crippen LogP contribution is 2.22. The molecule has 0 atom stereocenters. The van der Waals surface area contributed by atoms with E-state index in [1.165, 1.54) is 5.56 Å². The number of rotatable bonds is 1. The Morgan fingerprint density at radius 1 is 0.905 bits per heavy atom. The number of nitrogens with zero attached hydrogens (tertiary/aromatic N) is 2. The lowest BCUT2D eigenvalue weighted by Gasteiger charge is -2.16. The van der Waals surface area contributed by atoms with Gasteiger partial charge in [-0.1, -0.05) is 0 Å². The van der Waals surface area contributed by atoms with Crippen LogP contribution in [0.3, 0.4) is 0 Å². The second-order valence-electron chi connectivity index (χ2n) is 5.13. The first-order valence-electron chi connectivity index (χ1n) is 6.24. The Bertz CT molecular complexity index is 625. The maximum absolute atomic E-state index is 9.63. The number of pyridine rings is 2. The van der Waals surface area contributed by atoms with Gasteiger partial charge in [-0.2, -0.15) is 0 Å². The average Bonchev–Trinajstić information content (AvgIpc) is 2.37. The Kier molecular flexibility index (Phi) is 6.97. The number of aliphatic hydroxyl groups is 1. The van der Waals surface area contributed by atoms with Gasteiger partial charge in [0.15, 0.2) is 0 Å². The molecular formula is C15H17Br3N2O. The molecule has 2 aromatic heterocycles. The van der Waals surface area contributed by atoms with Crippen LogP contribution >= 0.6 is 47.8 Å². The molecule has 2 rings (SSSR count). The van der Waals surface area contributed by atoms with Crippen LogP contribution in [-0.2, 0) is 5.60 Å². The van der Waals surface area contributed by atoms with Crippen molar-refractivity contribution < 1.29 is 5.11 Å². The van der Waals surface area contributed by atoms with Crippen LogP contribution in [0.25, 0.3) is 0 Å². The van der Waals surface area contributed by atoms with Crippen LogP contribution in [0.5, 0.6) is 0 Å². The minimum absolute atomic E-state index is 0.697. The third-order valence-corrected chi connectivity index (χ3v) is 4.78. The molecule has 0 aliphatic carbocycles. The number of hydrogen-bond donors (Lipinski definition) is 1. The van der Waals surface area contributed by atoms with E-state index in [0.717, 1.165) is 19.1 Å². The molecule has 0 saturated heterocycles. The first kappa shape index (κ1) is 18.7. The summed E-state index contributed by atoms with van der Waals surface area (Å²) in [4.78, 5) is 8.12. The van der Waals surface area contributed by atoms with Gasteiger partial charge in [0.1, 0.15) is 10.2 Å². The predicted octanol–water partition coefficient (Wildman–Crippen LogP) is 5.29. The van der Waals surface area contributed by atoms with Gasteiger partial charge in [0, 0.05) is 21.3 Å². The second kappa shape index (κ2) is 7.81. The van der Waals surface area contributed by atoms with Crippen molar-refractivity contribution in [1.29, 1.82) is 0 Å². The van der Waals surface area contributed by atoms with Gasteiger partial charge in [-0.15, -0.1) is 0 Å². The van der Waals surface area contributed by atoms with Crippen LogP contribution in [0.1, 0.15) is 30.7 Å². The minimum atomic E-state index is -0.856. The standard InChI is InChI=1S/C9H12BrNO.C6H5Br2N/c1-6-4-8(9(2,3)12)11-5-7(6)10;1-4-2-6(8)9-3-5(4)7/h4-5,12H,1-3H3;2-3H,1H3. The molecule has 0 bridgehead atoms. The number of hydrogen-bond acceptors (Lipinski definition) is 3. The summed E-state index contributed by atoms with van der Waals surface area (Å²) < 4.78 is 2.89. The second-order valence-corrected chi connectivity index (χ2v) is 7.66. The summed E-state index contributed by atoms with van der Waals surface area (Å²) in [5, 5.41) is 9.63. The van der Waals surface area contributed by atoms with Crippen molar-refractivity contribution in [1.82, 2.24) is 9.97 Å². The SMILES string of the molecule is Cc1cc(Br)ncc1Br.Cc1cc(C(C)(C)O)ncc1Br. The van der Waals surface area contributed by atoms with Crippen LogP contribution in [0, 0.1) is 13.8 Å². The Morgan fingerprint density at radius 2 is 1.38 bits per heavy atom. The third-order valence-electron chi connectivity index (χ3n) is 2.69. The fraction of sp³-hybridized carbons (Fsp3) is 0.333. The zero-order valence-corrected chi connectivity index (χ0v) is 17.0. The molecule has 2 aromatic rings. The predicted molar refractivity (Wildman–Crippen MR) is 96.3 cm³/mol. The summed E-state index contributed by atoms with van der Waals surface area (Å²) in [5.74, 6) is 0. The fourth-order valence-corrected chi connectivity index (χ4v) is 2.26. The lowest BCUT2D eigenvalue weighted by Crippen LogP contribution is -2.17. The van der Waals surface area contributed by atoms with Crippen LogP contribution < -0.4 is 0 Å². The average molecular weight is 481 g/mol. The smallest absolute Gasteiger partial charge is 0.106 e. The maximum Gasteiger partial charge on any atom is 0.106 e. The number of halogens is 3. The third kappa shape index (κ3) is 6.14. The van der Waals surface area contributed by atoms with Crippen LogP contribution in [0.15, 0.2) is 38.1 Å². The van der Waals surface area contributed by atoms with Gasteiger partial charge in [0.25, 0.3) is 0 Å². The van der Waals surface area contributed by atoms with E-state index in [1.54, 1.807) is 26.2 Å². The van der Waals surface area contributed by atoms with E-state index in [2.05, 4.69) is 57.8 Å². The Balaban J connectivity index is 0.000000219. The largest absolute Gasteiger partial charge is 0.384 e. The number of aromatic nitrogens is 2. The first-order valence-corrected chi connectivity index (χ1v) is 8.62. The van der Waals surface area contributed by atoms with Gasteiger partial charge in [-0.25, -0.2) is 4.98 Å². The normalized spacial score (nSPS) is 10.9. The minimum Gasteiger partial charge on any atom is -0.384 e. The molecule has 0 aromatic carbocycles. The zero-order valence-electron chi connectivity index (χ0n) is 12.3. The quantitative estimate of drug-likeness (QED) is 0.564. The van der Waals surface area contributed by atoms with E-state index in [0.29, 0.717) is 5.69 Å². The Labute approximate surface area is 150 Å².